The Morgan fingerprint density at radius 2 is 1.75 bits per heavy atom. The molecule has 0 aromatic heterocycles. The zero-order chi connectivity index (χ0) is 14.8. The number of hydrogen-bond donors (Lipinski definition) is 0. The van der Waals surface area contributed by atoms with Gasteiger partial charge in [0, 0.05) is 0 Å². The molecule has 1 saturated carbocycles. The van der Waals surface area contributed by atoms with E-state index < -0.39 is 0 Å². The third kappa shape index (κ3) is 5.43. The molecule has 0 heterocycles. The Bertz CT molecular complexity index is 274. The van der Waals surface area contributed by atoms with Crippen LogP contribution in [0.25, 0.3) is 0 Å². The van der Waals surface area contributed by atoms with Gasteiger partial charge in [0.05, 0.1) is 25.6 Å². The molecule has 1 aliphatic carbocycles. The molecule has 118 valence electrons. The molecule has 0 radical (unpaired) electrons. The molecule has 0 aliphatic heterocycles. The Morgan fingerprint density at radius 1 is 1.05 bits per heavy atom. The second-order valence-corrected chi connectivity index (χ2v) is 6.33. The summed E-state index contributed by atoms with van der Waals surface area (Å²) in [4.78, 5) is 12.0. The fraction of sp³-hybridized carbons (Fsp3) is 0.941. The molecule has 1 rings (SSSR count). The maximum atomic E-state index is 12.0. The summed E-state index contributed by atoms with van der Waals surface area (Å²) in [5, 5.41) is 0. The van der Waals surface area contributed by atoms with Crippen LogP contribution in [0.1, 0.15) is 65.7 Å². The lowest BCUT2D eigenvalue weighted by atomic mass is 10.1. The number of carbonyl (C=O) groups is 1. The third-order valence-electron chi connectivity index (χ3n) is 4.85. The second-order valence-electron chi connectivity index (χ2n) is 6.33. The quantitative estimate of drug-likeness (QED) is 0.451. The maximum absolute atomic E-state index is 12.0. The molecule has 0 aromatic carbocycles. The lowest BCUT2D eigenvalue weighted by Gasteiger charge is -2.37. The van der Waals surface area contributed by atoms with Gasteiger partial charge >= 0.3 is 5.97 Å². The van der Waals surface area contributed by atoms with E-state index >= 15 is 0 Å². The Kier molecular flexibility index (Phi) is 8.20. The Hall–Kier alpha value is -0.570. The van der Waals surface area contributed by atoms with Gasteiger partial charge in [-0.05, 0) is 32.6 Å². The largest absolute Gasteiger partial charge is 0.459 e. The lowest BCUT2D eigenvalue weighted by molar-refractivity contribution is -0.927. The Labute approximate surface area is 125 Å². The minimum absolute atomic E-state index is 0.0590. The molecule has 20 heavy (non-hydrogen) atoms. The number of ether oxygens (including phenoxy) is 1. The first-order valence-corrected chi connectivity index (χ1v) is 8.69. The number of nitrogens with zero attached hydrogens (tertiary/aromatic N) is 1. The van der Waals surface area contributed by atoms with Crippen LogP contribution in [0.4, 0.5) is 0 Å². The highest BCUT2D eigenvalue weighted by molar-refractivity contribution is 5.72. The van der Waals surface area contributed by atoms with E-state index in [9.17, 15) is 4.79 Å². The van der Waals surface area contributed by atoms with Crippen LogP contribution in [0, 0.1) is 5.92 Å². The number of likely N-dealkylation sites (N-methyl/N-ethyl adjacent to an activating group) is 1. The van der Waals surface area contributed by atoms with Crippen LogP contribution in [0.5, 0.6) is 0 Å². The van der Waals surface area contributed by atoms with E-state index in [2.05, 4.69) is 20.8 Å². The average molecular weight is 284 g/mol. The second kappa shape index (κ2) is 9.38. The summed E-state index contributed by atoms with van der Waals surface area (Å²) in [6.45, 7) is 11.9. The van der Waals surface area contributed by atoms with Gasteiger partial charge in [0.1, 0.15) is 13.2 Å². The fourth-order valence-electron chi connectivity index (χ4n) is 3.40. The third-order valence-corrected chi connectivity index (χ3v) is 4.85. The molecule has 0 spiro atoms. The highest BCUT2D eigenvalue weighted by atomic mass is 16.5. The van der Waals surface area contributed by atoms with Crippen molar-refractivity contribution in [2.75, 3.05) is 32.8 Å². The monoisotopic (exact) mass is 284 g/mol. The van der Waals surface area contributed by atoms with Gasteiger partial charge in [-0.1, -0.05) is 33.1 Å². The van der Waals surface area contributed by atoms with E-state index in [4.69, 9.17) is 4.74 Å². The SMILES string of the molecule is CCCC[N+](CC)(CCC)CCOC(=O)C1CCCC1. The van der Waals surface area contributed by atoms with Gasteiger partial charge in [-0.3, -0.25) is 4.79 Å². The normalized spacial score (nSPS) is 18.9. The van der Waals surface area contributed by atoms with Crippen molar-refractivity contribution in [1.82, 2.24) is 0 Å². The first-order valence-electron chi connectivity index (χ1n) is 8.69. The van der Waals surface area contributed by atoms with Crippen LogP contribution in [-0.4, -0.2) is 43.2 Å². The van der Waals surface area contributed by atoms with Crippen molar-refractivity contribution >= 4 is 5.97 Å². The standard InChI is InChI=1S/C17H34NO2/c1-4-7-13-18(6-3,12-5-2)14-15-20-17(19)16-10-8-9-11-16/h16H,4-15H2,1-3H3/q+1. The molecule has 0 saturated heterocycles. The van der Waals surface area contributed by atoms with Crippen molar-refractivity contribution in [2.24, 2.45) is 5.92 Å². The molecular formula is C17H34NO2+. The molecule has 1 aliphatic rings. The van der Waals surface area contributed by atoms with Gasteiger partial charge in [-0.15, -0.1) is 0 Å². The zero-order valence-electron chi connectivity index (χ0n) is 13.8. The van der Waals surface area contributed by atoms with Crippen LogP contribution >= 0.6 is 0 Å². The first-order chi connectivity index (χ1) is 9.67. The van der Waals surface area contributed by atoms with Crippen molar-refractivity contribution in [2.45, 2.75) is 65.7 Å². The summed E-state index contributed by atoms with van der Waals surface area (Å²) in [7, 11) is 0. The molecule has 0 N–H and O–H groups in total. The summed E-state index contributed by atoms with van der Waals surface area (Å²) in [6.07, 6.45) is 8.18. The van der Waals surface area contributed by atoms with Gasteiger partial charge in [0.15, 0.2) is 0 Å². The minimum Gasteiger partial charge on any atom is -0.459 e. The Balaban J connectivity index is 2.38. The van der Waals surface area contributed by atoms with Crippen molar-refractivity contribution in [3.63, 3.8) is 0 Å². The molecule has 1 fully saturated rings. The van der Waals surface area contributed by atoms with Crippen molar-refractivity contribution in [3.8, 4) is 0 Å². The zero-order valence-corrected chi connectivity index (χ0v) is 13.8. The first kappa shape index (κ1) is 17.5. The van der Waals surface area contributed by atoms with E-state index in [-0.39, 0.29) is 11.9 Å². The van der Waals surface area contributed by atoms with E-state index in [1.165, 1.54) is 45.2 Å². The van der Waals surface area contributed by atoms with Gasteiger partial charge < -0.3 is 9.22 Å². The summed E-state index contributed by atoms with van der Waals surface area (Å²) < 4.78 is 6.67. The molecule has 1 atom stereocenters. The highest BCUT2D eigenvalue weighted by Crippen LogP contribution is 2.25. The molecular weight excluding hydrogens is 250 g/mol. The molecule has 3 nitrogen and oxygen atoms in total. The molecule has 1 unspecified atom stereocenters. The van der Waals surface area contributed by atoms with Crippen molar-refractivity contribution < 1.29 is 14.0 Å². The van der Waals surface area contributed by atoms with Gasteiger partial charge in [0.2, 0.25) is 0 Å². The average Bonchev–Trinajstić information content (AvgIpc) is 2.99. The number of esters is 1. The van der Waals surface area contributed by atoms with Crippen molar-refractivity contribution in [1.29, 1.82) is 0 Å². The summed E-state index contributed by atoms with van der Waals surface area (Å²) >= 11 is 0. The predicted molar refractivity (Wildman–Crippen MR) is 83.5 cm³/mol. The summed E-state index contributed by atoms with van der Waals surface area (Å²) in [5.74, 6) is 0.254. The van der Waals surface area contributed by atoms with Crippen LogP contribution in [0.2, 0.25) is 0 Å². The van der Waals surface area contributed by atoms with Crippen LogP contribution < -0.4 is 0 Å². The minimum atomic E-state index is 0.0590. The Morgan fingerprint density at radius 3 is 2.30 bits per heavy atom. The lowest BCUT2D eigenvalue weighted by Crippen LogP contribution is -2.51. The molecule has 0 aromatic rings. The summed E-state index contributed by atoms with van der Waals surface area (Å²) in [6, 6.07) is 0. The molecule has 0 bridgehead atoms. The fourth-order valence-corrected chi connectivity index (χ4v) is 3.40. The van der Waals surface area contributed by atoms with Crippen LogP contribution in [-0.2, 0) is 9.53 Å². The van der Waals surface area contributed by atoms with Crippen LogP contribution in [0.3, 0.4) is 0 Å². The van der Waals surface area contributed by atoms with Crippen LogP contribution in [0.15, 0.2) is 0 Å². The number of quaternary nitrogens is 1. The predicted octanol–water partition coefficient (Wildman–Crippen LogP) is 3.77. The molecule has 3 heteroatoms. The number of carbonyl (C=O) groups excluding carboxylic acids is 1. The number of unbranched alkanes of at least 4 members (excludes halogenated alkanes) is 1. The van der Waals surface area contributed by atoms with E-state index in [0.717, 1.165) is 30.4 Å². The van der Waals surface area contributed by atoms with E-state index in [0.29, 0.717) is 6.61 Å². The topological polar surface area (TPSA) is 26.3 Å². The van der Waals surface area contributed by atoms with Gasteiger partial charge in [-0.2, -0.15) is 0 Å². The van der Waals surface area contributed by atoms with Crippen molar-refractivity contribution in [3.05, 3.63) is 0 Å². The number of rotatable bonds is 10. The number of hydrogen-bond acceptors (Lipinski definition) is 2. The maximum Gasteiger partial charge on any atom is 0.309 e. The van der Waals surface area contributed by atoms with E-state index in [1.54, 1.807) is 0 Å². The van der Waals surface area contributed by atoms with Gasteiger partial charge in [0.25, 0.3) is 0 Å². The summed E-state index contributed by atoms with van der Waals surface area (Å²) in [5.41, 5.74) is 0. The molecule has 0 amide bonds. The van der Waals surface area contributed by atoms with Gasteiger partial charge in [-0.25, -0.2) is 0 Å². The smallest absolute Gasteiger partial charge is 0.309 e. The highest BCUT2D eigenvalue weighted by Gasteiger charge is 2.27. The van der Waals surface area contributed by atoms with E-state index in [1.807, 2.05) is 0 Å².